The molecule has 19 heavy (non-hydrogen) atoms. The number of aryl methyl sites for hydroxylation is 1. The van der Waals surface area contributed by atoms with E-state index in [1.807, 2.05) is 0 Å². The monoisotopic (exact) mass is 279 g/mol. The van der Waals surface area contributed by atoms with Crippen LogP contribution in [-0.4, -0.2) is 23.1 Å². The summed E-state index contributed by atoms with van der Waals surface area (Å²) in [6.45, 7) is 8.40. The number of rotatable bonds is 6. The molecule has 2 aromatic heterocycles. The van der Waals surface area contributed by atoms with Crippen LogP contribution >= 0.6 is 11.3 Å². The molecule has 3 N–H and O–H groups in total. The smallest absolute Gasteiger partial charge is 0.240 e. The van der Waals surface area contributed by atoms with E-state index in [0.29, 0.717) is 5.95 Å². The summed E-state index contributed by atoms with van der Waals surface area (Å²) in [5, 5.41) is 1.14. The Bertz CT molecular complexity index is 551. The highest BCUT2D eigenvalue weighted by molar-refractivity contribution is 7.18. The number of nitrogens with two attached hydrogens (primary N) is 1. The first-order valence-corrected chi connectivity index (χ1v) is 7.57. The molecular weight excluding hydrogens is 258 g/mol. The number of fused-ring (bicyclic) bond motifs is 1. The minimum Gasteiger partial charge on any atom is -0.356 e. The van der Waals surface area contributed by atoms with E-state index in [2.05, 4.69) is 47.1 Å². The number of hydrogen-bond acceptors (Lipinski definition) is 6. The van der Waals surface area contributed by atoms with Gasteiger partial charge in [-0.3, -0.25) is 5.43 Å². The van der Waals surface area contributed by atoms with Crippen molar-refractivity contribution in [2.75, 3.05) is 23.4 Å². The Kier molecular flexibility index (Phi) is 4.55. The molecule has 0 spiro atoms. The summed E-state index contributed by atoms with van der Waals surface area (Å²) < 4.78 is 0. The Morgan fingerprint density at radius 3 is 2.68 bits per heavy atom. The zero-order valence-corrected chi connectivity index (χ0v) is 12.5. The fourth-order valence-corrected chi connectivity index (χ4v) is 3.08. The molecule has 0 aliphatic heterocycles. The van der Waals surface area contributed by atoms with Gasteiger partial charge in [0.15, 0.2) is 0 Å². The van der Waals surface area contributed by atoms with E-state index < -0.39 is 0 Å². The Morgan fingerprint density at radius 1 is 1.32 bits per heavy atom. The number of nitrogen functional groups attached to an aromatic ring is 1. The van der Waals surface area contributed by atoms with Crippen molar-refractivity contribution < 1.29 is 0 Å². The van der Waals surface area contributed by atoms with Crippen LogP contribution in [-0.2, 0) is 6.42 Å². The molecule has 2 aromatic rings. The molecule has 0 atom stereocenters. The maximum atomic E-state index is 5.48. The van der Waals surface area contributed by atoms with E-state index in [1.54, 1.807) is 11.3 Å². The van der Waals surface area contributed by atoms with Crippen LogP contribution in [0.15, 0.2) is 6.07 Å². The highest BCUT2D eigenvalue weighted by atomic mass is 32.1. The number of hydrogen-bond donors (Lipinski definition) is 2. The van der Waals surface area contributed by atoms with Crippen LogP contribution in [0.25, 0.3) is 10.2 Å². The Balaban J connectivity index is 2.57. The topological polar surface area (TPSA) is 67.1 Å². The maximum Gasteiger partial charge on any atom is 0.240 e. The van der Waals surface area contributed by atoms with E-state index in [-0.39, 0.29) is 0 Å². The summed E-state index contributed by atoms with van der Waals surface area (Å²) >= 11 is 1.71. The Morgan fingerprint density at radius 2 is 2.11 bits per heavy atom. The molecule has 0 aliphatic rings. The van der Waals surface area contributed by atoms with Crippen molar-refractivity contribution in [1.29, 1.82) is 0 Å². The minimum atomic E-state index is 0.488. The van der Waals surface area contributed by atoms with Crippen LogP contribution in [0.4, 0.5) is 11.8 Å². The molecule has 0 aromatic carbocycles. The summed E-state index contributed by atoms with van der Waals surface area (Å²) in [6, 6.07) is 2.20. The van der Waals surface area contributed by atoms with Gasteiger partial charge in [-0.15, -0.1) is 11.3 Å². The minimum absolute atomic E-state index is 0.488. The van der Waals surface area contributed by atoms with E-state index in [4.69, 9.17) is 5.84 Å². The standard InChI is InChI=1S/C13H21N5S/c1-4-7-18(6-3)11-10-8-9(5-2)19-12(10)16-13(15-11)17-14/h8H,4-7,14H2,1-3H3,(H,15,16,17). The third-order valence-electron chi connectivity index (χ3n) is 3.08. The van der Waals surface area contributed by atoms with E-state index >= 15 is 0 Å². The normalized spacial score (nSPS) is 10.9. The number of hydrazine groups is 1. The lowest BCUT2D eigenvalue weighted by atomic mass is 10.3. The molecule has 0 unspecified atom stereocenters. The third-order valence-corrected chi connectivity index (χ3v) is 4.25. The molecule has 2 rings (SSSR count). The van der Waals surface area contributed by atoms with Crippen LogP contribution < -0.4 is 16.2 Å². The van der Waals surface area contributed by atoms with Crippen LogP contribution in [0.1, 0.15) is 32.1 Å². The fraction of sp³-hybridized carbons (Fsp3) is 0.538. The molecule has 0 bridgehead atoms. The Hall–Kier alpha value is -1.40. The molecule has 5 nitrogen and oxygen atoms in total. The van der Waals surface area contributed by atoms with E-state index in [9.17, 15) is 0 Å². The second-order valence-corrected chi connectivity index (χ2v) is 5.50. The molecule has 6 heteroatoms. The van der Waals surface area contributed by atoms with Gasteiger partial charge in [0.1, 0.15) is 10.6 Å². The lowest BCUT2D eigenvalue weighted by Gasteiger charge is -2.22. The molecule has 2 heterocycles. The second-order valence-electron chi connectivity index (χ2n) is 4.38. The molecule has 0 saturated heterocycles. The van der Waals surface area contributed by atoms with Crippen molar-refractivity contribution in [1.82, 2.24) is 9.97 Å². The van der Waals surface area contributed by atoms with Gasteiger partial charge in [0, 0.05) is 18.0 Å². The number of nitrogens with one attached hydrogen (secondary N) is 1. The molecule has 0 fully saturated rings. The quantitative estimate of drug-likeness (QED) is 0.628. The SMILES string of the molecule is CCCN(CC)c1nc(NN)nc2sc(CC)cc12. The van der Waals surface area contributed by atoms with Gasteiger partial charge in [0.2, 0.25) is 5.95 Å². The van der Waals surface area contributed by atoms with Gasteiger partial charge < -0.3 is 4.90 Å². The zero-order valence-electron chi connectivity index (χ0n) is 11.7. The lowest BCUT2D eigenvalue weighted by Crippen LogP contribution is -2.25. The molecule has 104 valence electrons. The first-order chi connectivity index (χ1) is 9.23. The number of nitrogens with zero attached hydrogens (tertiary/aromatic N) is 3. The fourth-order valence-electron chi connectivity index (χ4n) is 2.12. The van der Waals surface area contributed by atoms with Gasteiger partial charge in [-0.1, -0.05) is 13.8 Å². The van der Waals surface area contributed by atoms with Gasteiger partial charge in [-0.2, -0.15) is 4.98 Å². The number of thiophene rings is 1. The van der Waals surface area contributed by atoms with E-state index in [1.165, 1.54) is 4.88 Å². The van der Waals surface area contributed by atoms with Crippen molar-refractivity contribution in [3.63, 3.8) is 0 Å². The molecule has 0 amide bonds. The highest BCUT2D eigenvalue weighted by Gasteiger charge is 2.15. The summed E-state index contributed by atoms with van der Waals surface area (Å²) in [5.74, 6) is 6.95. The third kappa shape index (κ3) is 2.79. The van der Waals surface area contributed by atoms with Crippen LogP contribution in [0, 0.1) is 0 Å². The van der Waals surface area contributed by atoms with Crippen LogP contribution in [0.5, 0.6) is 0 Å². The number of anilines is 2. The molecule has 0 saturated carbocycles. The van der Waals surface area contributed by atoms with Gasteiger partial charge in [0.05, 0.1) is 5.39 Å². The summed E-state index contributed by atoms with van der Waals surface area (Å²) in [6.07, 6.45) is 2.11. The Labute approximate surface area is 117 Å². The largest absolute Gasteiger partial charge is 0.356 e. The summed E-state index contributed by atoms with van der Waals surface area (Å²) in [7, 11) is 0. The zero-order chi connectivity index (χ0) is 13.8. The van der Waals surface area contributed by atoms with Gasteiger partial charge in [-0.25, -0.2) is 10.8 Å². The molecule has 0 radical (unpaired) electrons. The van der Waals surface area contributed by atoms with Crippen molar-refractivity contribution >= 4 is 33.3 Å². The average molecular weight is 279 g/mol. The first-order valence-electron chi connectivity index (χ1n) is 6.75. The van der Waals surface area contributed by atoms with E-state index in [0.717, 1.165) is 42.0 Å². The van der Waals surface area contributed by atoms with Gasteiger partial charge in [0.25, 0.3) is 0 Å². The average Bonchev–Trinajstić information content (AvgIpc) is 2.86. The van der Waals surface area contributed by atoms with Crippen LogP contribution in [0.2, 0.25) is 0 Å². The lowest BCUT2D eigenvalue weighted by molar-refractivity contribution is 0.781. The maximum absolute atomic E-state index is 5.48. The molecule has 0 aliphatic carbocycles. The highest BCUT2D eigenvalue weighted by Crippen LogP contribution is 2.32. The number of aromatic nitrogens is 2. The van der Waals surface area contributed by atoms with Gasteiger partial charge in [-0.05, 0) is 25.8 Å². The van der Waals surface area contributed by atoms with Crippen molar-refractivity contribution in [2.45, 2.75) is 33.6 Å². The summed E-state index contributed by atoms with van der Waals surface area (Å²) in [5.41, 5.74) is 2.57. The van der Waals surface area contributed by atoms with Crippen molar-refractivity contribution in [3.05, 3.63) is 10.9 Å². The van der Waals surface area contributed by atoms with Crippen LogP contribution in [0.3, 0.4) is 0 Å². The van der Waals surface area contributed by atoms with Crippen molar-refractivity contribution in [3.8, 4) is 0 Å². The predicted molar refractivity (Wildman–Crippen MR) is 82.8 cm³/mol. The second kappa shape index (κ2) is 6.16. The predicted octanol–water partition coefficient (Wildman–Crippen LogP) is 2.78. The van der Waals surface area contributed by atoms with Crippen molar-refractivity contribution in [2.24, 2.45) is 5.84 Å². The summed E-state index contributed by atoms with van der Waals surface area (Å²) in [4.78, 5) is 13.6. The first kappa shape index (κ1) is 14.0. The molecular formula is C13H21N5S. The van der Waals surface area contributed by atoms with Gasteiger partial charge >= 0.3 is 0 Å².